The zero-order valence-electron chi connectivity index (χ0n) is 20.5. The van der Waals surface area contributed by atoms with E-state index in [1.807, 2.05) is 12.4 Å². The minimum absolute atomic E-state index is 0.357. The number of methoxy groups -OCH3 is 1. The molecule has 0 radical (unpaired) electrons. The van der Waals surface area contributed by atoms with Gasteiger partial charge in [0.15, 0.2) is 0 Å². The number of hydrogen-bond donors (Lipinski definition) is 0. The Morgan fingerprint density at radius 1 is 1.03 bits per heavy atom. The summed E-state index contributed by atoms with van der Waals surface area (Å²) in [4.78, 5) is 12.5. The van der Waals surface area contributed by atoms with Gasteiger partial charge in [-0.1, -0.05) is 44.0 Å². The van der Waals surface area contributed by atoms with E-state index in [0.29, 0.717) is 12.6 Å². The lowest BCUT2D eigenvalue weighted by Crippen LogP contribution is -2.33. The monoisotopic (exact) mass is 456 g/mol. The smallest absolute Gasteiger partial charge is 0.0787 e. The highest BCUT2D eigenvalue weighted by molar-refractivity contribution is 6.08. The van der Waals surface area contributed by atoms with E-state index >= 15 is 0 Å². The van der Waals surface area contributed by atoms with Crippen LogP contribution in [0.4, 0.5) is 0 Å². The molecule has 0 aliphatic heterocycles. The van der Waals surface area contributed by atoms with E-state index in [1.165, 1.54) is 65.2 Å². The minimum Gasteiger partial charge on any atom is -0.383 e. The van der Waals surface area contributed by atoms with Crippen molar-refractivity contribution >= 4 is 21.8 Å². The van der Waals surface area contributed by atoms with Crippen molar-refractivity contribution in [3.05, 3.63) is 71.8 Å². The quantitative estimate of drug-likeness (QED) is 0.263. The maximum absolute atomic E-state index is 5.47. The van der Waals surface area contributed by atoms with E-state index in [0.717, 1.165) is 31.7 Å². The summed E-state index contributed by atoms with van der Waals surface area (Å²) < 4.78 is 7.88. The van der Waals surface area contributed by atoms with Gasteiger partial charge in [-0.3, -0.25) is 14.9 Å². The first-order valence-corrected chi connectivity index (χ1v) is 12.8. The van der Waals surface area contributed by atoms with Gasteiger partial charge < -0.3 is 9.30 Å². The third kappa shape index (κ3) is 4.47. The van der Waals surface area contributed by atoms with E-state index in [-0.39, 0.29) is 0 Å². The maximum Gasteiger partial charge on any atom is 0.0787 e. The van der Waals surface area contributed by atoms with Crippen LogP contribution >= 0.6 is 0 Å². The number of para-hydroxylation sites is 1. The van der Waals surface area contributed by atoms with Crippen molar-refractivity contribution in [1.82, 2.24) is 19.4 Å². The fraction of sp³-hybridized carbons (Fsp3) is 0.448. The molecular formula is C29H36N4O. The minimum atomic E-state index is 0.357. The molecule has 5 nitrogen and oxygen atoms in total. The molecule has 0 spiro atoms. The summed E-state index contributed by atoms with van der Waals surface area (Å²) in [6.07, 6.45) is 11.2. The second-order valence-corrected chi connectivity index (χ2v) is 9.45. The number of ether oxygens (including phenoxy) is 1. The van der Waals surface area contributed by atoms with Crippen LogP contribution in [0.2, 0.25) is 0 Å². The van der Waals surface area contributed by atoms with Crippen LogP contribution in [-0.4, -0.2) is 39.7 Å². The molecule has 3 heterocycles. The van der Waals surface area contributed by atoms with Crippen molar-refractivity contribution in [1.29, 1.82) is 0 Å². The van der Waals surface area contributed by atoms with Crippen molar-refractivity contribution in [2.45, 2.75) is 64.6 Å². The SMILES string of the molecule is CCCCCN(Cc1nccc2c3ccccc3n(CCOC)c12)[C@H]1CCCc2cccnc21. The fourth-order valence-electron chi connectivity index (χ4n) is 5.65. The number of hydrogen-bond acceptors (Lipinski definition) is 4. The number of benzene rings is 1. The van der Waals surface area contributed by atoms with Crippen LogP contribution < -0.4 is 0 Å². The molecule has 0 saturated carbocycles. The standard InChI is InChI=1S/C29H36N4O/c1-3-4-7-18-32(27-14-8-10-22-11-9-16-31-28(22)27)21-25-29-24(15-17-30-25)23-12-5-6-13-26(23)33(29)19-20-34-2/h5-6,9,11-13,15-17,27H,3-4,7-8,10,14,18-21H2,1-2H3/t27-/m0/s1. The highest BCUT2D eigenvalue weighted by Crippen LogP contribution is 2.36. The molecule has 5 rings (SSSR count). The van der Waals surface area contributed by atoms with Gasteiger partial charge in [-0.15, -0.1) is 0 Å². The van der Waals surface area contributed by atoms with E-state index < -0.39 is 0 Å². The number of pyridine rings is 2. The molecule has 3 aromatic heterocycles. The zero-order valence-corrected chi connectivity index (χ0v) is 20.5. The molecule has 1 aromatic carbocycles. The van der Waals surface area contributed by atoms with Gasteiger partial charge in [0.25, 0.3) is 0 Å². The maximum atomic E-state index is 5.47. The number of unbranched alkanes of at least 4 members (excludes halogenated alkanes) is 2. The Balaban J connectivity index is 1.57. The molecule has 5 heteroatoms. The number of nitrogens with zero attached hydrogens (tertiary/aromatic N) is 4. The number of aryl methyl sites for hydroxylation is 1. The van der Waals surface area contributed by atoms with Gasteiger partial charge >= 0.3 is 0 Å². The van der Waals surface area contributed by atoms with Crippen molar-refractivity contribution < 1.29 is 4.74 Å². The summed E-state index contributed by atoms with van der Waals surface area (Å²) >= 11 is 0. The van der Waals surface area contributed by atoms with Gasteiger partial charge in [-0.2, -0.15) is 0 Å². The Morgan fingerprint density at radius 3 is 2.82 bits per heavy atom. The van der Waals surface area contributed by atoms with Gasteiger partial charge in [0.2, 0.25) is 0 Å². The molecule has 0 unspecified atom stereocenters. The highest BCUT2D eigenvalue weighted by atomic mass is 16.5. The molecule has 0 N–H and O–H groups in total. The lowest BCUT2D eigenvalue weighted by atomic mass is 9.90. The van der Waals surface area contributed by atoms with E-state index in [2.05, 4.69) is 58.9 Å². The first kappa shape index (κ1) is 23.0. The predicted molar refractivity (Wildman–Crippen MR) is 139 cm³/mol. The average molecular weight is 457 g/mol. The Morgan fingerprint density at radius 2 is 1.94 bits per heavy atom. The normalized spacial score (nSPS) is 15.9. The number of fused-ring (bicyclic) bond motifs is 4. The first-order valence-electron chi connectivity index (χ1n) is 12.8. The fourth-order valence-corrected chi connectivity index (χ4v) is 5.65. The molecule has 1 aliphatic rings. The van der Waals surface area contributed by atoms with E-state index in [1.54, 1.807) is 7.11 Å². The lowest BCUT2D eigenvalue weighted by molar-refractivity contribution is 0.161. The molecule has 1 atom stereocenters. The molecule has 0 amide bonds. The molecule has 0 saturated heterocycles. The van der Waals surface area contributed by atoms with Gasteiger partial charge in [-0.25, -0.2) is 0 Å². The molecule has 1 aliphatic carbocycles. The van der Waals surface area contributed by atoms with Crippen LogP contribution in [0.5, 0.6) is 0 Å². The topological polar surface area (TPSA) is 43.2 Å². The van der Waals surface area contributed by atoms with Gasteiger partial charge in [-0.05, 0) is 56.0 Å². The summed E-state index contributed by atoms with van der Waals surface area (Å²) in [6.45, 7) is 5.69. The summed E-state index contributed by atoms with van der Waals surface area (Å²) in [7, 11) is 1.77. The van der Waals surface area contributed by atoms with Crippen LogP contribution in [0, 0.1) is 0 Å². The highest BCUT2D eigenvalue weighted by Gasteiger charge is 2.28. The second kappa shape index (κ2) is 10.7. The summed E-state index contributed by atoms with van der Waals surface area (Å²) in [5.74, 6) is 0. The van der Waals surface area contributed by atoms with E-state index in [9.17, 15) is 0 Å². The van der Waals surface area contributed by atoms with Gasteiger partial charge in [0.1, 0.15) is 0 Å². The second-order valence-electron chi connectivity index (χ2n) is 9.45. The number of aromatic nitrogens is 3. The molecule has 34 heavy (non-hydrogen) atoms. The lowest BCUT2D eigenvalue weighted by Gasteiger charge is -2.35. The van der Waals surface area contributed by atoms with Crippen molar-refractivity contribution in [2.75, 3.05) is 20.3 Å². The molecule has 178 valence electrons. The van der Waals surface area contributed by atoms with Crippen LogP contribution in [-0.2, 0) is 24.2 Å². The zero-order chi connectivity index (χ0) is 23.3. The first-order chi connectivity index (χ1) is 16.8. The summed E-state index contributed by atoms with van der Waals surface area (Å²) in [5.41, 5.74) is 6.35. The van der Waals surface area contributed by atoms with Crippen molar-refractivity contribution in [2.24, 2.45) is 0 Å². The summed E-state index contributed by atoms with van der Waals surface area (Å²) in [6, 6.07) is 15.6. The third-order valence-electron chi connectivity index (χ3n) is 7.28. The molecule has 4 aromatic rings. The average Bonchev–Trinajstić information content (AvgIpc) is 3.21. The largest absolute Gasteiger partial charge is 0.383 e. The third-order valence-corrected chi connectivity index (χ3v) is 7.28. The Labute approximate surface area is 202 Å². The Bertz CT molecular complexity index is 1250. The Kier molecular flexibility index (Phi) is 7.21. The Hall–Kier alpha value is -2.76. The van der Waals surface area contributed by atoms with Crippen molar-refractivity contribution in [3.8, 4) is 0 Å². The van der Waals surface area contributed by atoms with Crippen LogP contribution in [0.3, 0.4) is 0 Å². The van der Waals surface area contributed by atoms with Gasteiger partial charge in [0, 0.05) is 48.9 Å². The van der Waals surface area contributed by atoms with E-state index in [4.69, 9.17) is 14.7 Å². The van der Waals surface area contributed by atoms with Crippen molar-refractivity contribution in [3.63, 3.8) is 0 Å². The van der Waals surface area contributed by atoms with Crippen LogP contribution in [0.1, 0.15) is 62.0 Å². The predicted octanol–water partition coefficient (Wildman–Crippen LogP) is 6.30. The van der Waals surface area contributed by atoms with Crippen LogP contribution in [0.15, 0.2) is 54.9 Å². The number of rotatable bonds is 10. The summed E-state index contributed by atoms with van der Waals surface area (Å²) in [5, 5.41) is 2.58. The van der Waals surface area contributed by atoms with Crippen LogP contribution in [0.25, 0.3) is 21.8 Å². The molecule has 0 bridgehead atoms. The van der Waals surface area contributed by atoms with Gasteiger partial charge in [0.05, 0.1) is 29.6 Å². The molecule has 0 fully saturated rings. The molecular weight excluding hydrogens is 420 g/mol.